The van der Waals surface area contributed by atoms with Gasteiger partial charge < -0.3 is 19.1 Å². The molecular weight excluding hydrogens is 663 g/mol. The second-order valence-electron chi connectivity index (χ2n) is 14.9. The number of allylic oxidation sites excluding steroid dienone is 4. The van der Waals surface area contributed by atoms with Gasteiger partial charge in [0.05, 0.1) is 6.42 Å². The lowest BCUT2D eigenvalue weighted by Crippen LogP contribution is -2.32. The van der Waals surface area contributed by atoms with Crippen molar-refractivity contribution in [3.63, 3.8) is 0 Å². The Morgan fingerprint density at radius 3 is 1.13 bits per heavy atom. The van der Waals surface area contributed by atoms with Crippen LogP contribution in [0.3, 0.4) is 0 Å². The summed E-state index contributed by atoms with van der Waals surface area (Å²) in [6.45, 7) is 10.8. The number of rotatable bonds is 40. The summed E-state index contributed by atoms with van der Waals surface area (Å²) in [6.07, 6.45) is 40.8. The summed E-state index contributed by atoms with van der Waals surface area (Å²) in [7, 11) is 0. The highest BCUT2D eigenvalue weighted by Crippen LogP contribution is 2.13. The maximum atomic E-state index is 12.6. The van der Waals surface area contributed by atoms with Crippen LogP contribution in [0.25, 0.3) is 0 Å². The molecule has 0 aromatic carbocycles. The van der Waals surface area contributed by atoms with Gasteiger partial charge >= 0.3 is 17.9 Å². The standard InChI is InChI=1S/C46H85NO6/c1-5-9-11-13-15-17-19-21-23-25-27-29-31-33-35-37-44(48)51-41-43(53-46(50)39-40-47(7-3)8-4)42-52-45(49)38-36-34-32-30-28-26-24-22-20-18-16-14-12-10-6-2/h21-24,43H,5-20,25-42H2,1-4H3. The summed E-state index contributed by atoms with van der Waals surface area (Å²) < 4.78 is 16.6. The van der Waals surface area contributed by atoms with Gasteiger partial charge in [-0.05, 0) is 77.3 Å². The minimum absolute atomic E-state index is 0.0956. The minimum Gasteiger partial charge on any atom is -0.462 e. The van der Waals surface area contributed by atoms with Crippen LogP contribution in [-0.2, 0) is 28.6 Å². The Bertz CT molecular complexity index is 827. The van der Waals surface area contributed by atoms with Crippen LogP contribution in [0.2, 0.25) is 0 Å². The van der Waals surface area contributed by atoms with E-state index < -0.39 is 6.10 Å². The topological polar surface area (TPSA) is 82.1 Å². The van der Waals surface area contributed by atoms with E-state index in [2.05, 4.69) is 56.9 Å². The molecule has 0 amide bonds. The Kier molecular flexibility index (Phi) is 39.4. The summed E-state index contributed by atoms with van der Waals surface area (Å²) in [5, 5.41) is 0. The van der Waals surface area contributed by atoms with Gasteiger partial charge in [0.15, 0.2) is 6.10 Å². The molecule has 0 aliphatic rings. The van der Waals surface area contributed by atoms with E-state index in [4.69, 9.17) is 14.2 Å². The van der Waals surface area contributed by atoms with Crippen LogP contribution in [0.1, 0.15) is 214 Å². The second-order valence-corrected chi connectivity index (χ2v) is 14.9. The van der Waals surface area contributed by atoms with E-state index in [1.54, 1.807) is 0 Å². The normalized spacial score (nSPS) is 12.2. The van der Waals surface area contributed by atoms with Crippen molar-refractivity contribution < 1.29 is 28.6 Å². The van der Waals surface area contributed by atoms with Gasteiger partial charge in [0.1, 0.15) is 13.2 Å². The third-order valence-electron chi connectivity index (χ3n) is 9.97. The van der Waals surface area contributed by atoms with Gasteiger partial charge in [0, 0.05) is 19.4 Å². The van der Waals surface area contributed by atoms with Crippen LogP contribution < -0.4 is 0 Å². The first-order chi connectivity index (χ1) is 26.0. The zero-order valence-electron chi connectivity index (χ0n) is 35.3. The summed E-state index contributed by atoms with van der Waals surface area (Å²) in [6, 6.07) is 0. The van der Waals surface area contributed by atoms with Gasteiger partial charge in [-0.25, -0.2) is 0 Å². The smallest absolute Gasteiger partial charge is 0.307 e. The zero-order chi connectivity index (χ0) is 38.9. The van der Waals surface area contributed by atoms with Gasteiger partial charge in [0.25, 0.3) is 0 Å². The van der Waals surface area contributed by atoms with Crippen LogP contribution in [-0.4, -0.2) is 61.8 Å². The maximum Gasteiger partial charge on any atom is 0.307 e. The number of carbonyl (C=O) groups excluding carboxylic acids is 3. The number of unbranched alkanes of at least 4 members (excludes halogenated alkanes) is 22. The van der Waals surface area contributed by atoms with Crippen LogP contribution in [0.15, 0.2) is 24.3 Å². The first kappa shape index (κ1) is 50.9. The summed E-state index contributed by atoms with van der Waals surface area (Å²) in [4.78, 5) is 39.7. The zero-order valence-corrected chi connectivity index (χ0v) is 35.3. The van der Waals surface area contributed by atoms with E-state index in [0.717, 1.165) is 64.5 Å². The molecule has 7 nitrogen and oxygen atoms in total. The molecule has 0 aliphatic carbocycles. The molecule has 0 unspecified atom stereocenters. The molecule has 0 atom stereocenters. The molecule has 310 valence electrons. The fourth-order valence-electron chi connectivity index (χ4n) is 6.35. The van der Waals surface area contributed by atoms with Crippen molar-refractivity contribution in [2.24, 2.45) is 0 Å². The molecule has 0 radical (unpaired) electrons. The van der Waals surface area contributed by atoms with Crippen molar-refractivity contribution in [3.05, 3.63) is 24.3 Å². The number of ether oxygens (including phenoxy) is 3. The molecule has 0 rings (SSSR count). The first-order valence-corrected chi connectivity index (χ1v) is 22.5. The number of hydrogen-bond donors (Lipinski definition) is 0. The van der Waals surface area contributed by atoms with Crippen molar-refractivity contribution >= 4 is 17.9 Å². The summed E-state index contributed by atoms with van der Waals surface area (Å²) >= 11 is 0. The Morgan fingerprint density at radius 1 is 0.434 bits per heavy atom. The summed E-state index contributed by atoms with van der Waals surface area (Å²) in [5.74, 6) is -0.971. The van der Waals surface area contributed by atoms with Crippen LogP contribution >= 0.6 is 0 Å². The Morgan fingerprint density at radius 2 is 0.774 bits per heavy atom. The molecule has 0 fully saturated rings. The van der Waals surface area contributed by atoms with Crippen molar-refractivity contribution in [3.8, 4) is 0 Å². The van der Waals surface area contributed by atoms with Gasteiger partial charge in [-0.1, -0.05) is 155 Å². The highest BCUT2D eigenvalue weighted by Gasteiger charge is 2.20. The molecule has 0 aliphatic heterocycles. The molecule has 0 heterocycles. The highest BCUT2D eigenvalue weighted by atomic mass is 16.6. The lowest BCUT2D eigenvalue weighted by Gasteiger charge is -2.20. The molecule has 7 heteroatoms. The number of carbonyl (C=O) groups is 3. The molecular formula is C46H85NO6. The number of hydrogen-bond acceptors (Lipinski definition) is 7. The number of nitrogens with zero attached hydrogens (tertiary/aromatic N) is 1. The van der Waals surface area contributed by atoms with Crippen molar-refractivity contribution in [2.75, 3.05) is 32.8 Å². The van der Waals surface area contributed by atoms with E-state index in [-0.39, 0.29) is 37.5 Å². The molecule has 0 spiro atoms. The lowest BCUT2D eigenvalue weighted by molar-refractivity contribution is -0.167. The third-order valence-corrected chi connectivity index (χ3v) is 9.97. The molecule has 0 aromatic heterocycles. The summed E-state index contributed by atoms with van der Waals surface area (Å²) in [5.41, 5.74) is 0. The van der Waals surface area contributed by atoms with Crippen LogP contribution in [0, 0.1) is 0 Å². The Labute approximate surface area is 327 Å². The predicted molar refractivity (Wildman–Crippen MR) is 223 cm³/mol. The van der Waals surface area contributed by atoms with Crippen LogP contribution in [0.4, 0.5) is 0 Å². The average molecular weight is 748 g/mol. The third kappa shape index (κ3) is 37.9. The van der Waals surface area contributed by atoms with E-state index in [1.807, 2.05) is 0 Å². The minimum atomic E-state index is -0.796. The van der Waals surface area contributed by atoms with E-state index >= 15 is 0 Å². The number of esters is 3. The van der Waals surface area contributed by atoms with Gasteiger partial charge in [0.2, 0.25) is 0 Å². The lowest BCUT2D eigenvalue weighted by atomic mass is 10.1. The van der Waals surface area contributed by atoms with Crippen molar-refractivity contribution in [1.82, 2.24) is 4.90 Å². The van der Waals surface area contributed by atoms with Gasteiger partial charge in [-0.3, -0.25) is 14.4 Å². The monoisotopic (exact) mass is 748 g/mol. The molecule has 0 aromatic rings. The Hall–Kier alpha value is -2.15. The molecule has 0 saturated carbocycles. The highest BCUT2D eigenvalue weighted by molar-refractivity contribution is 5.71. The van der Waals surface area contributed by atoms with Gasteiger partial charge in [-0.15, -0.1) is 0 Å². The van der Waals surface area contributed by atoms with Crippen LogP contribution in [0.5, 0.6) is 0 Å². The quantitative estimate of drug-likeness (QED) is 0.0267. The van der Waals surface area contributed by atoms with Gasteiger partial charge in [-0.2, -0.15) is 0 Å². The van der Waals surface area contributed by atoms with E-state index in [0.29, 0.717) is 19.4 Å². The fourth-order valence-corrected chi connectivity index (χ4v) is 6.35. The predicted octanol–water partition coefficient (Wildman–Crippen LogP) is 12.8. The molecule has 53 heavy (non-hydrogen) atoms. The average Bonchev–Trinajstić information content (AvgIpc) is 3.16. The fraction of sp³-hybridized carbons (Fsp3) is 0.848. The molecule has 0 bridgehead atoms. The molecule has 0 saturated heterocycles. The van der Waals surface area contributed by atoms with E-state index in [1.165, 1.54) is 116 Å². The molecule has 0 N–H and O–H groups in total. The van der Waals surface area contributed by atoms with Crippen molar-refractivity contribution in [1.29, 1.82) is 0 Å². The van der Waals surface area contributed by atoms with E-state index in [9.17, 15) is 14.4 Å². The second kappa shape index (κ2) is 41.0. The SMILES string of the molecule is CCCCCCCCC=CCCCCCCCC(=O)OCC(COC(=O)CCCCCCCC=CCCCCCCCC)OC(=O)CCN(CC)CC. The first-order valence-electron chi connectivity index (χ1n) is 22.5. The van der Waals surface area contributed by atoms with Crippen molar-refractivity contribution in [2.45, 2.75) is 220 Å². The maximum absolute atomic E-state index is 12.6. The largest absolute Gasteiger partial charge is 0.462 e. The Balaban J connectivity index is 4.23.